The molecule has 0 fully saturated rings. The van der Waals surface area contributed by atoms with E-state index < -0.39 is 17.4 Å². The van der Waals surface area contributed by atoms with Gasteiger partial charge in [-0.05, 0) is 26.0 Å². The molecule has 2 aromatic heterocycles. The van der Waals surface area contributed by atoms with Crippen molar-refractivity contribution in [3.63, 3.8) is 0 Å². The minimum absolute atomic E-state index is 0.155. The highest BCUT2D eigenvalue weighted by atomic mass is 32.2. The van der Waals surface area contributed by atoms with Crippen molar-refractivity contribution in [1.29, 1.82) is 0 Å². The highest BCUT2D eigenvalue weighted by molar-refractivity contribution is 7.90. The van der Waals surface area contributed by atoms with Gasteiger partial charge in [0.15, 0.2) is 0 Å². The first-order valence-corrected chi connectivity index (χ1v) is 9.72. The van der Waals surface area contributed by atoms with Crippen LogP contribution in [0.3, 0.4) is 0 Å². The molecular weight excluding hydrogens is 362 g/mol. The standard InChI is InChI=1S/C19H19N5O2S/c1-13(2)23-12-11-18(20-23)27(26)22-19(25)21-24-16-9-5-3-7-14(16)15-8-4-6-10-17(15)24/h3-13H,1-2H3,(H2,21,22,25). The number of hydrogen-bond acceptors (Lipinski definition) is 3. The van der Waals surface area contributed by atoms with E-state index in [1.54, 1.807) is 21.6 Å². The van der Waals surface area contributed by atoms with Crippen molar-refractivity contribution >= 4 is 39.2 Å². The zero-order chi connectivity index (χ0) is 19.0. The third-order valence-electron chi connectivity index (χ3n) is 4.28. The average molecular weight is 381 g/mol. The molecule has 2 amide bonds. The highest BCUT2D eigenvalue weighted by Crippen LogP contribution is 2.27. The molecule has 4 rings (SSSR count). The van der Waals surface area contributed by atoms with Crippen LogP contribution in [0.25, 0.3) is 21.8 Å². The smallest absolute Gasteiger partial charge is 0.375 e. The average Bonchev–Trinajstić information content (AvgIpc) is 3.27. The Balaban J connectivity index is 1.59. The quantitative estimate of drug-likeness (QED) is 0.530. The molecule has 1 atom stereocenters. The lowest BCUT2D eigenvalue weighted by atomic mass is 10.2. The second-order valence-corrected chi connectivity index (χ2v) is 7.57. The zero-order valence-electron chi connectivity index (χ0n) is 14.9. The lowest BCUT2D eigenvalue weighted by molar-refractivity contribution is 0.254. The van der Waals surface area contributed by atoms with Crippen LogP contribution in [0, 0.1) is 0 Å². The predicted molar refractivity (Wildman–Crippen MR) is 106 cm³/mol. The molecule has 0 radical (unpaired) electrons. The fourth-order valence-corrected chi connectivity index (χ4v) is 3.68. The van der Waals surface area contributed by atoms with E-state index in [0.717, 1.165) is 21.8 Å². The Morgan fingerprint density at radius 2 is 1.63 bits per heavy atom. The Bertz CT molecular complexity index is 1060. The number of para-hydroxylation sites is 2. The van der Waals surface area contributed by atoms with Crippen LogP contribution >= 0.6 is 0 Å². The number of nitrogens with zero attached hydrogens (tertiary/aromatic N) is 3. The Morgan fingerprint density at radius 3 is 2.19 bits per heavy atom. The van der Waals surface area contributed by atoms with Gasteiger partial charge in [0.25, 0.3) is 5.03 Å². The van der Waals surface area contributed by atoms with Gasteiger partial charge in [-0.25, -0.2) is 10.2 Å². The van der Waals surface area contributed by atoms with Gasteiger partial charge in [0.05, 0.1) is 11.0 Å². The van der Waals surface area contributed by atoms with E-state index in [4.69, 9.17) is 0 Å². The van der Waals surface area contributed by atoms with Gasteiger partial charge in [0.2, 0.25) is 0 Å². The summed E-state index contributed by atoms with van der Waals surface area (Å²) in [6.07, 6.45) is 1.74. The second-order valence-electron chi connectivity index (χ2n) is 6.41. The number of rotatable bonds is 4. The Morgan fingerprint density at radius 1 is 1.04 bits per heavy atom. The summed E-state index contributed by atoms with van der Waals surface area (Å²) in [6.45, 7) is 3.95. The van der Waals surface area contributed by atoms with E-state index in [9.17, 15) is 9.35 Å². The number of carbonyl (C=O) groups is 1. The number of aromatic nitrogens is 3. The fraction of sp³-hybridized carbons (Fsp3) is 0.158. The number of carbonyl (C=O) groups excluding carboxylic acids is 1. The molecule has 138 valence electrons. The van der Waals surface area contributed by atoms with Gasteiger partial charge >= 0.3 is 6.03 Å². The molecule has 1 unspecified atom stereocenters. The molecule has 8 heteroatoms. The maximum Gasteiger partial charge on any atom is 0.375 e. The van der Waals surface area contributed by atoms with Crippen molar-refractivity contribution in [2.24, 2.45) is 0 Å². The molecule has 0 spiro atoms. The molecule has 0 saturated carbocycles. The van der Waals surface area contributed by atoms with E-state index in [-0.39, 0.29) is 6.04 Å². The lowest BCUT2D eigenvalue weighted by Crippen LogP contribution is -2.38. The number of nitrogens with one attached hydrogen (secondary N) is 2. The van der Waals surface area contributed by atoms with Crippen LogP contribution in [-0.4, -0.2) is 25.0 Å². The molecule has 0 saturated heterocycles. The summed E-state index contributed by atoms with van der Waals surface area (Å²) >= 11 is -1.75. The van der Waals surface area contributed by atoms with Crippen molar-refractivity contribution in [3.8, 4) is 0 Å². The number of amides is 2. The molecule has 0 bridgehead atoms. The minimum atomic E-state index is -1.75. The molecule has 27 heavy (non-hydrogen) atoms. The predicted octanol–water partition coefficient (Wildman–Crippen LogP) is 3.55. The molecule has 4 aromatic rings. The third-order valence-corrected chi connectivity index (χ3v) is 5.25. The van der Waals surface area contributed by atoms with Crippen LogP contribution in [-0.2, 0) is 11.4 Å². The second kappa shape index (κ2) is 6.98. The summed E-state index contributed by atoms with van der Waals surface area (Å²) in [5.41, 5.74) is 4.51. The van der Waals surface area contributed by atoms with Gasteiger partial charge in [0, 0.05) is 29.1 Å². The van der Waals surface area contributed by atoms with Crippen LogP contribution < -0.4 is 10.1 Å². The van der Waals surface area contributed by atoms with Gasteiger partial charge in [-0.15, -0.1) is 9.82 Å². The summed E-state index contributed by atoms with van der Waals surface area (Å²) in [4.78, 5) is 12.5. The van der Waals surface area contributed by atoms with Gasteiger partial charge in [-0.3, -0.25) is 9.36 Å². The molecule has 2 heterocycles. The topological polar surface area (TPSA) is 86.9 Å². The number of hydrogen-bond donors (Lipinski definition) is 2. The Kier molecular flexibility index (Phi) is 4.51. The largest absolute Gasteiger partial charge is 0.586 e. The maximum absolute atomic E-state index is 12.5. The molecule has 2 aromatic carbocycles. The van der Waals surface area contributed by atoms with Crippen LogP contribution in [0.15, 0.2) is 65.8 Å². The normalized spacial score (nSPS) is 12.6. The third kappa shape index (κ3) is 3.24. The van der Waals surface area contributed by atoms with Gasteiger partial charge in [-0.1, -0.05) is 36.4 Å². The van der Waals surface area contributed by atoms with Crippen LogP contribution in [0.2, 0.25) is 0 Å². The molecule has 7 nitrogen and oxygen atoms in total. The molecular formula is C19H19N5O2S. The van der Waals surface area contributed by atoms with Crippen molar-refractivity contribution in [3.05, 3.63) is 60.8 Å². The summed E-state index contributed by atoms with van der Waals surface area (Å²) in [5, 5.41) is 6.60. The zero-order valence-corrected chi connectivity index (χ0v) is 15.7. The van der Waals surface area contributed by atoms with E-state index in [2.05, 4.69) is 15.2 Å². The number of benzene rings is 2. The Labute approximate surface area is 159 Å². The lowest BCUT2D eigenvalue weighted by Gasteiger charge is -2.12. The summed E-state index contributed by atoms with van der Waals surface area (Å²) in [6, 6.07) is 16.8. The van der Waals surface area contributed by atoms with E-state index in [1.165, 1.54) is 0 Å². The molecule has 0 aliphatic rings. The van der Waals surface area contributed by atoms with Crippen molar-refractivity contribution in [2.45, 2.75) is 24.9 Å². The van der Waals surface area contributed by atoms with Gasteiger partial charge in [-0.2, -0.15) is 0 Å². The summed E-state index contributed by atoms with van der Waals surface area (Å²) in [7, 11) is 0. The fourth-order valence-electron chi connectivity index (χ4n) is 3.01. The first-order chi connectivity index (χ1) is 13.0. The van der Waals surface area contributed by atoms with E-state index >= 15 is 0 Å². The van der Waals surface area contributed by atoms with Crippen LogP contribution in [0.5, 0.6) is 0 Å². The van der Waals surface area contributed by atoms with E-state index in [0.29, 0.717) is 5.03 Å². The highest BCUT2D eigenvalue weighted by Gasteiger charge is 2.20. The van der Waals surface area contributed by atoms with Crippen molar-refractivity contribution in [1.82, 2.24) is 19.2 Å². The summed E-state index contributed by atoms with van der Waals surface area (Å²) in [5.74, 6) is 0. The molecule has 0 aliphatic heterocycles. The van der Waals surface area contributed by atoms with Crippen LogP contribution in [0.4, 0.5) is 4.79 Å². The SMILES string of the molecule is CC(C)n1ccc([S+]([O-])NC(=O)Nn2c3ccccc3c3ccccc32)n1. The molecule has 0 aliphatic carbocycles. The monoisotopic (exact) mass is 381 g/mol. The number of urea groups is 1. The van der Waals surface area contributed by atoms with Crippen molar-refractivity contribution < 1.29 is 9.35 Å². The number of fused-ring (bicyclic) bond motifs is 3. The van der Waals surface area contributed by atoms with Gasteiger partial charge < -0.3 is 4.55 Å². The van der Waals surface area contributed by atoms with Gasteiger partial charge in [0.1, 0.15) is 11.4 Å². The van der Waals surface area contributed by atoms with Crippen molar-refractivity contribution in [2.75, 3.05) is 5.43 Å². The minimum Gasteiger partial charge on any atom is -0.586 e. The first-order valence-electron chi connectivity index (χ1n) is 8.57. The first kappa shape index (κ1) is 17.4. The van der Waals surface area contributed by atoms with E-state index in [1.807, 2.05) is 62.4 Å². The Hall–Kier alpha value is -2.97. The molecule has 2 N–H and O–H groups in total. The summed E-state index contributed by atoms with van der Waals surface area (Å²) < 4.78 is 18.2. The maximum atomic E-state index is 12.5. The van der Waals surface area contributed by atoms with Crippen LogP contribution in [0.1, 0.15) is 19.9 Å².